The lowest BCUT2D eigenvalue weighted by Crippen LogP contribution is -2.25. The summed E-state index contributed by atoms with van der Waals surface area (Å²) in [6.45, 7) is 7.50. The number of fused-ring (bicyclic) bond motifs is 1. The topological polar surface area (TPSA) is 57.0 Å². The standard InChI is InChI=1S/C13H17BrFN3O2Si/c1-21(2,3)5-4-20-8-18-7-16-11-9(13(18)19)6-10(15)17-12(11)14/h6-7H,4-5,8H2,1-3H3. The molecular formula is C13H17BrFN3O2Si. The largest absolute Gasteiger partial charge is 0.361 e. The van der Waals surface area contributed by atoms with E-state index in [9.17, 15) is 9.18 Å². The Bertz CT molecular complexity index is 715. The van der Waals surface area contributed by atoms with Crippen molar-refractivity contribution in [1.29, 1.82) is 0 Å². The summed E-state index contributed by atoms with van der Waals surface area (Å²) in [5.74, 6) is -0.717. The Balaban J connectivity index is 2.19. The summed E-state index contributed by atoms with van der Waals surface area (Å²) in [6.07, 6.45) is 1.39. The van der Waals surface area contributed by atoms with Gasteiger partial charge in [0.05, 0.1) is 5.39 Å². The molecule has 8 heteroatoms. The SMILES string of the molecule is C[Si](C)(C)CCOCn1cnc2c(Br)nc(F)cc2c1=O. The van der Waals surface area contributed by atoms with Crippen molar-refractivity contribution in [1.82, 2.24) is 14.5 Å². The van der Waals surface area contributed by atoms with Crippen LogP contribution in [0.5, 0.6) is 0 Å². The fraction of sp³-hybridized carbons (Fsp3) is 0.462. The first-order valence-corrected chi connectivity index (χ1v) is 11.1. The van der Waals surface area contributed by atoms with E-state index < -0.39 is 14.0 Å². The minimum Gasteiger partial charge on any atom is -0.361 e. The lowest BCUT2D eigenvalue weighted by atomic mass is 10.3. The van der Waals surface area contributed by atoms with Gasteiger partial charge in [0.1, 0.15) is 23.2 Å². The van der Waals surface area contributed by atoms with Crippen molar-refractivity contribution in [3.8, 4) is 0 Å². The fourth-order valence-corrected chi connectivity index (χ4v) is 2.97. The molecule has 0 radical (unpaired) electrons. The van der Waals surface area contributed by atoms with Crippen LogP contribution < -0.4 is 5.56 Å². The summed E-state index contributed by atoms with van der Waals surface area (Å²) in [6, 6.07) is 2.11. The van der Waals surface area contributed by atoms with Crippen molar-refractivity contribution < 1.29 is 9.13 Å². The molecule has 0 fully saturated rings. The first kappa shape index (κ1) is 16.3. The van der Waals surface area contributed by atoms with E-state index in [0.717, 1.165) is 12.1 Å². The van der Waals surface area contributed by atoms with Gasteiger partial charge in [-0.05, 0) is 22.0 Å². The van der Waals surface area contributed by atoms with E-state index in [0.29, 0.717) is 12.1 Å². The van der Waals surface area contributed by atoms with Crippen LogP contribution in [0.2, 0.25) is 25.7 Å². The Kier molecular flexibility index (Phi) is 4.90. The molecule has 5 nitrogen and oxygen atoms in total. The number of ether oxygens (including phenoxy) is 1. The van der Waals surface area contributed by atoms with Crippen molar-refractivity contribution in [2.75, 3.05) is 6.61 Å². The molecule has 0 atom stereocenters. The number of hydrogen-bond donors (Lipinski definition) is 0. The summed E-state index contributed by atoms with van der Waals surface area (Å²) in [5.41, 5.74) is 0.00903. The van der Waals surface area contributed by atoms with Gasteiger partial charge in [0.15, 0.2) is 0 Å². The van der Waals surface area contributed by atoms with E-state index in [1.165, 1.54) is 10.9 Å². The van der Waals surface area contributed by atoms with Gasteiger partial charge in [-0.1, -0.05) is 19.6 Å². The number of rotatable bonds is 5. The molecule has 21 heavy (non-hydrogen) atoms. The van der Waals surface area contributed by atoms with Crippen LogP contribution in [0.3, 0.4) is 0 Å². The van der Waals surface area contributed by atoms with Gasteiger partial charge in [0.25, 0.3) is 5.56 Å². The number of nitrogens with zero attached hydrogens (tertiary/aromatic N) is 3. The van der Waals surface area contributed by atoms with E-state index >= 15 is 0 Å². The van der Waals surface area contributed by atoms with E-state index in [2.05, 4.69) is 45.5 Å². The van der Waals surface area contributed by atoms with Crippen molar-refractivity contribution in [3.05, 3.63) is 33.3 Å². The molecule has 2 rings (SSSR count). The maximum Gasteiger partial charge on any atom is 0.263 e. The molecule has 0 spiro atoms. The Morgan fingerprint density at radius 1 is 1.43 bits per heavy atom. The summed E-state index contributed by atoms with van der Waals surface area (Å²) >= 11 is 3.10. The first-order chi connectivity index (χ1) is 9.78. The lowest BCUT2D eigenvalue weighted by molar-refractivity contribution is 0.0844. The van der Waals surface area contributed by atoms with Gasteiger partial charge in [-0.2, -0.15) is 4.39 Å². The van der Waals surface area contributed by atoms with E-state index in [4.69, 9.17) is 4.74 Å². The van der Waals surface area contributed by atoms with Crippen LogP contribution in [0.25, 0.3) is 10.9 Å². The van der Waals surface area contributed by atoms with Crippen LogP contribution in [-0.2, 0) is 11.5 Å². The van der Waals surface area contributed by atoms with E-state index in [1.807, 2.05) is 0 Å². The normalized spacial score (nSPS) is 12.0. The first-order valence-electron chi connectivity index (χ1n) is 6.57. The molecule has 0 N–H and O–H groups in total. The molecule has 2 aromatic rings. The van der Waals surface area contributed by atoms with Crippen molar-refractivity contribution in [2.45, 2.75) is 32.4 Å². The Morgan fingerprint density at radius 3 is 2.81 bits per heavy atom. The maximum absolute atomic E-state index is 13.3. The highest BCUT2D eigenvalue weighted by Crippen LogP contribution is 2.17. The summed E-state index contributed by atoms with van der Waals surface area (Å²) in [4.78, 5) is 20.0. The molecule has 2 aromatic heterocycles. The molecule has 2 heterocycles. The van der Waals surface area contributed by atoms with Crippen LogP contribution in [0.15, 0.2) is 21.8 Å². The fourth-order valence-electron chi connectivity index (χ4n) is 1.73. The van der Waals surface area contributed by atoms with Crippen LogP contribution in [0.1, 0.15) is 0 Å². The second kappa shape index (κ2) is 6.33. The molecular weight excluding hydrogens is 357 g/mol. The third-order valence-corrected chi connectivity index (χ3v) is 5.22. The molecule has 0 unspecified atom stereocenters. The minimum atomic E-state index is -1.16. The predicted molar refractivity (Wildman–Crippen MR) is 85.6 cm³/mol. The maximum atomic E-state index is 13.3. The van der Waals surface area contributed by atoms with Crippen LogP contribution in [-0.4, -0.2) is 29.2 Å². The number of halogens is 2. The van der Waals surface area contributed by atoms with Crippen LogP contribution >= 0.6 is 15.9 Å². The van der Waals surface area contributed by atoms with Crippen LogP contribution in [0, 0.1) is 5.95 Å². The second-order valence-corrected chi connectivity index (χ2v) is 12.4. The zero-order valence-corrected chi connectivity index (χ0v) is 14.8. The molecule has 0 aliphatic rings. The summed E-state index contributed by atoms with van der Waals surface area (Å²) < 4.78 is 20.4. The quantitative estimate of drug-likeness (QED) is 0.459. The van der Waals surface area contributed by atoms with Gasteiger partial charge in [-0.15, -0.1) is 0 Å². The van der Waals surface area contributed by atoms with E-state index in [1.54, 1.807) is 0 Å². The Hall–Kier alpha value is -1.12. The zero-order chi connectivity index (χ0) is 15.6. The molecule has 0 bridgehead atoms. The third kappa shape index (κ3) is 4.18. The average molecular weight is 374 g/mol. The number of aromatic nitrogens is 3. The van der Waals surface area contributed by atoms with Gasteiger partial charge in [0.2, 0.25) is 5.95 Å². The number of hydrogen-bond acceptors (Lipinski definition) is 4. The van der Waals surface area contributed by atoms with Gasteiger partial charge in [-0.3, -0.25) is 9.36 Å². The molecule has 0 saturated carbocycles. The molecule has 0 aliphatic carbocycles. The zero-order valence-electron chi connectivity index (χ0n) is 12.2. The molecule has 0 amide bonds. The predicted octanol–water partition coefficient (Wildman–Crippen LogP) is 3.01. The second-order valence-electron chi connectivity index (χ2n) is 6.00. The number of pyridine rings is 1. The molecule has 0 aliphatic heterocycles. The van der Waals surface area contributed by atoms with Crippen molar-refractivity contribution >= 4 is 34.9 Å². The molecule has 0 aromatic carbocycles. The van der Waals surface area contributed by atoms with Crippen molar-refractivity contribution in [2.24, 2.45) is 0 Å². The monoisotopic (exact) mass is 373 g/mol. The summed E-state index contributed by atoms with van der Waals surface area (Å²) in [7, 11) is -1.16. The average Bonchev–Trinajstić information content (AvgIpc) is 2.36. The Labute approximate surface area is 131 Å². The van der Waals surface area contributed by atoms with Gasteiger partial charge in [-0.25, -0.2) is 9.97 Å². The third-order valence-electron chi connectivity index (χ3n) is 2.96. The molecule has 0 saturated heterocycles. The highest BCUT2D eigenvalue weighted by atomic mass is 79.9. The smallest absolute Gasteiger partial charge is 0.263 e. The van der Waals surface area contributed by atoms with Gasteiger partial charge >= 0.3 is 0 Å². The van der Waals surface area contributed by atoms with Crippen LogP contribution in [0.4, 0.5) is 4.39 Å². The Morgan fingerprint density at radius 2 is 2.14 bits per heavy atom. The van der Waals surface area contributed by atoms with Crippen molar-refractivity contribution in [3.63, 3.8) is 0 Å². The molecule has 114 valence electrons. The highest BCUT2D eigenvalue weighted by molar-refractivity contribution is 9.10. The van der Waals surface area contributed by atoms with Gasteiger partial charge < -0.3 is 4.74 Å². The van der Waals surface area contributed by atoms with Gasteiger partial charge in [0, 0.05) is 20.7 Å². The highest BCUT2D eigenvalue weighted by Gasteiger charge is 2.13. The lowest BCUT2D eigenvalue weighted by Gasteiger charge is -2.15. The van der Waals surface area contributed by atoms with E-state index in [-0.39, 0.29) is 22.3 Å². The summed E-state index contributed by atoms with van der Waals surface area (Å²) in [5, 5.41) is 0.186. The minimum absolute atomic E-state index is 0.119.